The van der Waals surface area contributed by atoms with Crippen LogP contribution in [0.4, 0.5) is 0 Å². The molecule has 0 atom stereocenters. The van der Waals surface area contributed by atoms with Crippen molar-refractivity contribution < 1.29 is 9.90 Å². The zero-order chi connectivity index (χ0) is 16.3. The minimum atomic E-state index is -0.418. The number of phenolic OH excluding ortho intramolecular Hbond substituents is 1. The normalized spacial score (nSPS) is 11.4. The van der Waals surface area contributed by atoms with Crippen LogP contribution >= 0.6 is 43.5 Å². The second kappa shape index (κ2) is 7.26. The molecule has 2 N–H and O–H groups in total. The van der Waals surface area contributed by atoms with Gasteiger partial charge in [0, 0.05) is 10.0 Å². The number of rotatable bonds is 3. The third-order valence-corrected chi connectivity index (χ3v) is 4.25. The Labute approximate surface area is 149 Å². The largest absolute Gasteiger partial charge is 0.506 e. The predicted octanol–water partition coefficient (Wildman–Crippen LogP) is 4.72. The number of phenols is 1. The van der Waals surface area contributed by atoms with Crippen molar-refractivity contribution >= 4 is 55.1 Å². The first-order valence-corrected chi connectivity index (χ1v) is 8.14. The lowest BCUT2D eigenvalue weighted by molar-refractivity contribution is 0.0955. The highest BCUT2D eigenvalue weighted by Crippen LogP contribution is 2.32. The molecule has 0 fully saturated rings. The van der Waals surface area contributed by atoms with Crippen molar-refractivity contribution in [3.63, 3.8) is 0 Å². The summed E-state index contributed by atoms with van der Waals surface area (Å²) in [5.74, 6) is -0.366. The lowest BCUT2D eigenvalue weighted by Gasteiger charge is -2.08. The Morgan fingerprint density at radius 3 is 2.59 bits per heavy atom. The SMILES string of the molecule is C/C(=N\NC(=O)c1ccccc1Cl)c1cc(Br)cc(Br)c1O. The van der Waals surface area contributed by atoms with Gasteiger partial charge in [0.05, 0.1) is 20.8 Å². The molecule has 0 saturated carbocycles. The van der Waals surface area contributed by atoms with E-state index in [4.69, 9.17) is 11.6 Å². The van der Waals surface area contributed by atoms with Gasteiger partial charge in [-0.1, -0.05) is 39.7 Å². The van der Waals surface area contributed by atoms with E-state index in [2.05, 4.69) is 42.4 Å². The molecule has 4 nitrogen and oxygen atoms in total. The van der Waals surface area contributed by atoms with Crippen LogP contribution in [-0.4, -0.2) is 16.7 Å². The fourth-order valence-electron chi connectivity index (χ4n) is 1.74. The molecule has 0 aromatic heterocycles. The average Bonchev–Trinajstić information content (AvgIpc) is 2.48. The predicted molar refractivity (Wildman–Crippen MR) is 94.6 cm³/mol. The van der Waals surface area contributed by atoms with E-state index in [1.54, 1.807) is 43.3 Å². The van der Waals surface area contributed by atoms with Gasteiger partial charge in [-0.05, 0) is 47.1 Å². The summed E-state index contributed by atoms with van der Waals surface area (Å²) in [5, 5.41) is 14.4. The molecular formula is C15H11Br2ClN2O2. The number of hydrogen-bond donors (Lipinski definition) is 2. The van der Waals surface area contributed by atoms with E-state index in [9.17, 15) is 9.90 Å². The third-order valence-electron chi connectivity index (χ3n) is 2.86. The molecule has 0 aliphatic heterocycles. The van der Waals surface area contributed by atoms with Gasteiger partial charge in [-0.15, -0.1) is 0 Å². The maximum absolute atomic E-state index is 12.0. The summed E-state index contributed by atoms with van der Waals surface area (Å²) < 4.78 is 1.31. The lowest BCUT2D eigenvalue weighted by atomic mass is 10.1. The monoisotopic (exact) mass is 444 g/mol. The third kappa shape index (κ3) is 3.88. The van der Waals surface area contributed by atoms with E-state index in [0.29, 0.717) is 26.3 Å². The van der Waals surface area contributed by atoms with Gasteiger partial charge in [0.15, 0.2) is 0 Å². The number of carbonyl (C=O) groups excluding carboxylic acids is 1. The summed E-state index contributed by atoms with van der Waals surface area (Å²) in [6.07, 6.45) is 0. The van der Waals surface area contributed by atoms with Crippen LogP contribution in [-0.2, 0) is 0 Å². The van der Waals surface area contributed by atoms with Gasteiger partial charge in [-0.25, -0.2) is 5.43 Å². The maximum Gasteiger partial charge on any atom is 0.272 e. The summed E-state index contributed by atoms with van der Waals surface area (Å²) in [7, 11) is 0. The van der Waals surface area contributed by atoms with Crippen molar-refractivity contribution in [3.8, 4) is 5.75 Å². The summed E-state index contributed by atoms with van der Waals surface area (Å²) >= 11 is 12.5. The first-order chi connectivity index (χ1) is 10.4. The number of halogens is 3. The molecule has 2 aromatic carbocycles. The van der Waals surface area contributed by atoms with Gasteiger partial charge >= 0.3 is 0 Å². The van der Waals surface area contributed by atoms with E-state index in [0.717, 1.165) is 4.47 Å². The van der Waals surface area contributed by atoms with Gasteiger partial charge in [0.25, 0.3) is 5.91 Å². The molecule has 0 aliphatic carbocycles. The van der Waals surface area contributed by atoms with Gasteiger partial charge < -0.3 is 5.11 Å². The Hall–Kier alpha value is -1.37. The number of hydrogen-bond acceptors (Lipinski definition) is 3. The summed E-state index contributed by atoms with van der Waals surface area (Å²) in [5.41, 5.74) is 3.72. The smallest absolute Gasteiger partial charge is 0.272 e. The Balaban J connectivity index is 2.24. The highest BCUT2D eigenvalue weighted by Gasteiger charge is 2.12. The second-order valence-corrected chi connectivity index (χ2v) is 6.58. The maximum atomic E-state index is 12.0. The standard InChI is InChI=1S/C15H11Br2ClN2O2/c1-8(11-6-9(16)7-12(17)14(11)21)19-20-15(22)10-4-2-3-5-13(10)18/h2-7,21H,1H3,(H,20,22)/b19-8+. The Kier molecular flexibility index (Phi) is 5.61. The fourth-order valence-corrected chi connectivity index (χ4v) is 3.19. The molecule has 0 saturated heterocycles. The van der Waals surface area contributed by atoms with Crippen molar-refractivity contribution in [3.05, 3.63) is 61.5 Å². The lowest BCUT2D eigenvalue weighted by Crippen LogP contribution is -2.19. The highest BCUT2D eigenvalue weighted by molar-refractivity contribution is 9.11. The first-order valence-electron chi connectivity index (χ1n) is 6.17. The molecule has 0 bridgehead atoms. The van der Waals surface area contributed by atoms with Gasteiger partial charge in [-0.2, -0.15) is 5.10 Å². The van der Waals surface area contributed by atoms with Crippen molar-refractivity contribution in [2.75, 3.05) is 0 Å². The summed E-state index contributed by atoms with van der Waals surface area (Å²) in [6, 6.07) is 10.1. The highest BCUT2D eigenvalue weighted by atomic mass is 79.9. The van der Waals surface area contributed by atoms with Crippen molar-refractivity contribution in [2.45, 2.75) is 6.92 Å². The fraction of sp³-hybridized carbons (Fsp3) is 0.0667. The summed E-state index contributed by atoms with van der Waals surface area (Å²) in [6.45, 7) is 1.68. The van der Waals surface area contributed by atoms with E-state index >= 15 is 0 Å². The Morgan fingerprint density at radius 1 is 1.23 bits per heavy atom. The number of aromatic hydroxyl groups is 1. The number of nitrogens with one attached hydrogen (secondary N) is 1. The molecular weight excluding hydrogens is 435 g/mol. The average molecular weight is 447 g/mol. The molecule has 0 spiro atoms. The van der Waals surface area contributed by atoms with Crippen molar-refractivity contribution in [1.29, 1.82) is 0 Å². The van der Waals surface area contributed by atoms with Crippen LogP contribution in [0.1, 0.15) is 22.8 Å². The van der Waals surface area contributed by atoms with E-state index in [1.165, 1.54) is 0 Å². The van der Waals surface area contributed by atoms with E-state index in [-0.39, 0.29) is 5.75 Å². The Morgan fingerprint density at radius 2 is 1.91 bits per heavy atom. The Bertz CT molecular complexity index is 763. The van der Waals surface area contributed by atoms with Gasteiger partial charge in [0.1, 0.15) is 5.75 Å². The van der Waals surface area contributed by atoms with Crippen LogP contribution in [0.2, 0.25) is 5.02 Å². The van der Waals surface area contributed by atoms with Crippen LogP contribution in [0.25, 0.3) is 0 Å². The van der Waals surface area contributed by atoms with E-state index < -0.39 is 5.91 Å². The number of carbonyl (C=O) groups is 1. The molecule has 0 aliphatic rings. The van der Waals surface area contributed by atoms with Crippen molar-refractivity contribution in [1.82, 2.24) is 5.43 Å². The number of benzene rings is 2. The number of amides is 1. The topological polar surface area (TPSA) is 61.7 Å². The molecule has 0 radical (unpaired) electrons. The molecule has 1 amide bonds. The minimum Gasteiger partial charge on any atom is -0.506 e. The molecule has 114 valence electrons. The number of hydrazone groups is 1. The van der Waals surface area contributed by atoms with Crippen LogP contribution in [0.3, 0.4) is 0 Å². The van der Waals surface area contributed by atoms with E-state index in [1.807, 2.05) is 0 Å². The molecule has 2 rings (SSSR count). The zero-order valence-corrected chi connectivity index (χ0v) is 15.3. The number of nitrogens with zero attached hydrogens (tertiary/aromatic N) is 1. The molecule has 0 heterocycles. The van der Waals surface area contributed by atoms with Crippen LogP contribution < -0.4 is 5.43 Å². The van der Waals surface area contributed by atoms with Crippen LogP contribution in [0, 0.1) is 0 Å². The van der Waals surface area contributed by atoms with Gasteiger partial charge in [-0.3, -0.25) is 4.79 Å². The minimum absolute atomic E-state index is 0.0523. The summed E-state index contributed by atoms with van der Waals surface area (Å²) in [4.78, 5) is 12.0. The van der Waals surface area contributed by atoms with Gasteiger partial charge in [0.2, 0.25) is 0 Å². The molecule has 22 heavy (non-hydrogen) atoms. The second-order valence-electron chi connectivity index (χ2n) is 4.40. The van der Waals surface area contributed by atoms with Crippen molar-refractivity contribution in [2.24, 2.45) is 5.10 Å². The molecule has 2 aromatic rings. The quantitative estimate of drug-likeness (QED) is 0.529. The van der Waals surface area contributed by atoms with Crippen LogP contribution in [0.5, 0.6) is 5.75 Å². The zero-order valence-electron chi connectivity index (χ0n) is 11.4. The molecule has 7 heteroatoms. The van der Waals surface area contributed by atoms with Crippen LogP contribution in [0.15, 0.2) is 50.4 Å². The first kappa shape index (κ1) is 17.0. The molecule has 0 unspecified atom stereocenters.